The highest BCUT2D eigenvalue weighted by molar-refractivity contribution is 5.37. The molecule has 1 unspecified atom stereocenters. The Balaban J connectivity index is 2.15. The molecule has 2 rings (SSSR count). The number of rotatable bonds is 5. The van der Waals surface area contributed by atoms with Crippen molar-refractivity contribution < 1.29 is 9.84 Å². The van der Waals surface area contributed by atoms with Gasteiger partial charge < -0.3 is 15.2 Å². The Morgan fingerprint density at radius 1 is 0.900 bits per heavy atom. The lowest BCUT2D eigenvalue weighted by Gasteiger charge is -2.22. The summed E-state index contributed by atoms with van der Waals surface area (Å²) in [6.07, 6.45) is 0. The number of benzene rings is 2. The first-order chi connectivity index (χ1) is 9.63. The van der Waals surface area contributed by atoms with E-state index in [1.165, 1.54) is 0 Å². The normalized spacial score (nSPS) is 13.8. The zero-order valence-corrected chi connectivity index (χ0v) is 12.1. The molecule has 0 amide bonds. The van der Waals surface area contributed by atoms with Gasteiger partial charge in [-0.2, -0.15) is 0 Å². The van der Waals surface area contributed by atoms with E-state index in [-0.39, 0.29) is 12.1 Å². The number of hydrogen-bond acceptors (Lipinski definition) is 3. The minimum Gasteiger partial charge on any atom is -0.508 e. The van der Waals surface area contributed by atoms with Crippen molar-refractivity contribution in [1.82, 2.24) is 5.32 Å². The fraction of sp³-hybridized carbons (Fsp3) is 0.294. The fourth-order valence-corrected chi connectivity index (χ4v) is 2.43. The topological polar surface area (TPSA) is 41.5 Å². The van der Waals surface area contributed by atoms with Crippen LogP contribution in [0.2, 0.25) is 0 Å². The second-order valence-electron chi connectivity index (χ2n) is 4.91. The van der Waals surface area contributed by atoms with E-state index in [9.17, 15) is 5.11 Å². The lowest BCUT2D eigenvalue weighted by Crippen LogP contribution is -2.23. The van der Waals surface area contributed by atoms with E-state index in [1.54, 1.807) is 13.2 Å². The highest BCUT2D eigenvalue weighted by Crippen LogP contribution is 2.29. The van der Waals surface area contributed by atoms with Crippen molar-refractivity contribution in [3.8, 4) is 11.5 Å². The van der Waals surface area contributed by atoms with Crippen LogP contribution in [0, 0.1) is 0 Å². The van der Waals surface area contributed by atoms with Gasteiger partial charge in [0.05, 0.1) is 7.11 Å². The summed E-state index contributed by atoms with van der Waals surface area (Å²) in [5.41, 5.74) is 2.01. The van der Waals surface area contributed by atoms with Gasteiger partial charge in [-0.15, -0.1) is 0 Å². The van der Waals surface area contributed by atoms with E-state index in [4.69, 9.17) is 4.74 Å². The summed E-state index contributed by atoms with van der Waals surface area (Å²) in [4.78, 5) is 0. The van der Waals surface area contributed by atoms with E-state index in [0.29, 0.717) is 5.75 Å². The van der Waals surface area contributed by atoms with Crippen LogP contribution in [0.25, 0.3) is 0 Å². The molecule has 0 bridgehead atoms. The van der Waals surface area contributed by atoms with Crippen LogP contribution in [-0.4, -0.2) is 12.2 Å². The molecule has 0 fully saturated rings. The average Bonchev–Trinajstić information content (AvgIpc) is 2.47. The molecule has 0 heterocycles. The van der Waals surface area contributed by atoms with Crippen LogP contribution in [0.1, 0.15) is 37.1 Å². The van der Waals surface area contributed by atoms with Crippen molar-refractivity contribution in [2.24, 2.45) is 0 Å². The maximum atomic E-state index is 9.90. The van der Waals surface area contributed by atoms with E-state index in [2.05, 4.69) is 12.2 Å². The molecule has 2 N–H and O–H groups in total. The van der Waals surface area contributed by atoms with E-state index < -0.39 is 0 Å². The Kier molecular flexibility index (Phi) is 4.64. The first-order valence-electron chi connectivity index (χ1n) is 6.80. The molecule has 0 saturated heterocycles. The van der Waals surface area contributed by atoms with Gasteiger partial charge in [-0.05, 0) is 26.0 Å². The molecule has 0 aromatic heterocycles. The van der Waals surface area contributed by atoms with Gasteiger partial charge in [0, 0.05) is 23.2 Å². The Morgan fingerprint density at radius 3 is 2.10 bits per heavy atom. The van der Waals surface area contributed by atoms with Crippen molar-refractivity contribution >= 4 is 0 Å². The Labute approximate surface area is 120 Å². The molecular formula is C17H21NO2. The molecule has 3 heteroatoms. The fourth-order valence-electron chi connectivity index (χ4n) is 2.43. The van der Waals surface area contributed by atoms with Crippen molar-refractivity contribution in [2.45, 2.75) is 25.9 Å². The van der Waals surface area contributed by atoms with E-state index in [0.717, 1.165) is 16.9 Å². The van der Waals surface area contributed by atoms with Gasteiger partial charge in [0.15, 0.2) is 0 Å². The summed E-state index contributed by atoms with van der Waals surface area (Å²) in [6.45, 7) is 4.13. The van der Waals surface area contributed by atoms with Crippen LogP contribution in [0.3, 0.4) is 0 Å². The second kappa shape index (κ2) is 6.44. The van der Waals surface area contributed by atoms with Crippen molar-refractivity contribution in [3.05, 3.63) is 59.7 Å². The predicted octanol–water partition coefficient (Wildman–Crippen LogP) is 3.81. The molecule has 0 aliphatic heterocycles. The lowest BCUT2D eigenvalue weighted by atomic mass is 10.0. The van der Waals surface area contributed by atoms with Gasteiger partial charge in [0.1, 0.15) is 11.5 Å². The van der Waals surface area contributed by atoms with Crippen LogP contribution in [0.5, 0.6) is 11.5 Å². The van der Waals surface area contributed by atoms with Crippen LogP contribution in [-0.2, 0) is 0 Å². The lowest BCUT2D eigenvalue weighted by molar-refractivity contribution is 0.394. The summed E-state index contributed by atoms with van der Waals surface area (Å²) >= 11 is 0. The first-order valence-corrected chi connectivity index (χ1v) is 6.80. The van der Waals surface area contributed by atoms with Crippen molar-refractivity contribution in [3.63, 3.8) is 0 Å². The zero-order chi connectivity index (χ0) is 14.5. The standard InChI is InChI=1S/C17H21NO2/c1-12(14-8-4-6-10-16(14)19)18-13(2)15-9-5-7-11-17(15)20-3/h4-13,18-19H,1-3H3/t12?,13-/m1/s1. The number of ether oxygens (including phenoxy) is 1. The molecule has 0 saturated carbocycles. The number of para-hydroxylation sites is 2. The van der Waals surface area contributed by atoms with Gasteiger partial charge in [-0.25, -0.2) is 0 Å². The molecule has 0 aliphatic rings. The smallest absolute Gasteiger partial charge is 0.123 e. The molecular weight excluding hydrogens is 250 g/mol. The first kappa shape index (κ1) is 14.4. The van der Waals surface area contributed by atoms with Gasteiger partial charge in [-0.1, -0.05) is 36.4 Å². The summed E-state index contributed by atoms with van der Waals surface area (Å²) in [5.74, 6) is 1.19. The van der Waals surface area contributed by atoms with Gasteiger partial charge in [-0.3, -0.25) is 0 Å². The largest absolute Gasteiger partial charge is 0.508 e. The summed E-state index contributed by atoms with van der Waals surface area (Å²) < 4.78 is 5.39. The van der Waals surface area contributed by atoms with Crippen LogP contribution in [0.15, 0.2) is 48.5 Å². The molecule has 20 heavy (non-hydrogen) atoms. The van der Waals surface area contributed by atoms with Crippen molar-refractivity contribution in [2.75, 3.05) is 7.11 Å². The van der Waals surface area contributed by atoms with Crippen LogP contribution < -0.4 is 10.1 Å². The van der Waals surface area contributed by atoms with Crippen LogP contribution in [0.4, 0.5) is 0 Å². The second-order valence-corrected chi connectivity index (χ2v) is 4.91. The number of hydrogen-bond donors (Lipinski definition) is 2. The zero-order valence-electron chi connectivity index (χ0n) is 12.1. The monoisotopic (exact) mass is 271 g/mol. The number of methoxy groups -OCH3 is 1. The third-order valence-electron chi connectivity index (χ3n) is 3.51. The van der Waals surface area contributed by atoms with Gasteiger partial charge in [0.25, 0.3) is 0 Å². The molecule has 0 radical (unpaired) electrons. The highest BCUT2D eigenvalue weighted by Gasteiger charge is 2.16. The molecule has 0 aliphatic carbocycles. The number of nitrogens with one attached hydrogen (secondary N) is 1. The van der Waals surface area contributed by atoms with Gasteiger partial charge in [0.2, 0.25) is 0 Å². The molecule has 106 valence electrons. The molecule has 3 nitrogen and oxygen atoms in total. The van der Waals surface area contributed by atoms with E-state index in [1.807, 2.05) is 49.4 Å². The number of aromatic hydroxyl groups is 1. The average molecular weight is 271 g/mol. The SMILES string of the molecule is COc1ccccc1[C@@H](C)NC(C)c1ccccc1O. The summed E-state index contributed by atoms with van der Waals surface area (Å²) in [6, 6.07) is 15.5. The summed E-state index contributed by atoms with van der Waals surface area (Å²) in [5, 5.41) is 13.4. The molecule has 2 aromatic carbocycles. The third kappa shape index (κ3) is 3.11. The van der Waals surface area contributed by atoms with Crippen molar-refractivity contribution in [1.29, 1.82) is 0 Å². The minimum absolute atomic E-state index is 0.0520. The van der Waals surface area contributed by atoms with Gasteiger partial charge >= 0.3 is 0 Å². The third-order valence-corrected chi connectivity index (χ3v) is 3.51. The predicted molar refractivity (Wildman–Crippen MR) is 81.1 cm³/mol. The number of phenols is 1. The highest BCUT2D eigenvalue weighted by atomic mass is 16.5. The van der Waals surface area contributed by atoms with Crippen LogP contribution >= 0.6 is 0 Å². The Morgan fingerprint density at radius 2 is 1.45 bits per heavy atom. The maximum Gasteiger partial charge on any atom is 0.123 e. The quantitative estimate of drug-likeness (QED) is 0.868. The summed E-state index contributed by atoms with van der Waals surface area (Å²) in [7, 11) is 1.68. The van der Waals surface area contributed by atoms with E-state index >= 15 is 0 Å². The molecule has 0 spiro atoms. The Hall–Kier alpha value is -2.00. The number of phenolic OH excluding ortho intramolecular Hbond substituents is 1. The molecule has 2 atom stereocenters. The molecule has 2 aromatic rings. The Bertz CT molecular complexity index is 568. The maximum absolute atomic E-state index is 9.90. The minimum atomic E-state index is 0.0520.